The molecule has 0 saturated carbocycles. The Morgan fingerprint density at radius 1 is 0.929 bits per heavy atom. The molecule has 7 nitrogen and oxygen atoms in total. The molecule has 0 aliphatic carbocycles. The zero-order chi connectivity index (χ0) is 20.1. The number of oxime groups is 1. The molecule has 2 aromatic carbocycles. The molecule has 8 heteroatoms. The van der Waals surface area contributed by atoms with Crippen molar-refractivity contribution in [2.75, 3.05) is 28.4 Å². The van der Waals surface area contributed by atoms with Gasteiger partial charge in [-0.3, -0.25) is 0 Å². The average Bonchev–Trinajstić information content (AvgIpc) is 3.23. The molecule has 1 N–H and O–H groups in total. The van der Waals surface area contributed by atoms with E-state index in [9.17, 15) is 5.21 Å². The van der Waals surface area contributed by atoms with Crippen LogP contribution in [0.4, 0.5) is 0 Å². The molecule has 0 unspecified atom stereocenters. The van der Waals surface area contributed by atoms with Crippen molar-refractivity contribution in [3.8, 4) is 34.3 Å². The monoisotopic (exact) mass is 448 g/mol. The van der Waals surface area contributed by atoms with Gasteiger partial charge in [0.1, 0.15) is 0 Å². The molecule has 146 valence electrons. The molecule has 0 aliphatic rings. The van der Waals surface area contributed by atoms with Gasteiger partial charge in [-0.1, -0.05) is 0 Å². The maximum atomic E-state index is 9.68. The molecule has 3 rings (SSSR count). The number of methoxy groups -OCH3 is 4. The van der Waals surface area contributed by atoms with E-state index in [1.807, 2.05) is 29.2 Å². The Balaban J connectivity index is 2.00. The van der Waals surface area contributed by atoms with Gasteiger partial charge in [0.25, 0.3) is 0 Å². The van der Waals surface area contributed by atoms with Gasteiger partial charge in [-0.05, 0) is 0 Å². The summed E-state index contributed by atoms with van der Waals surface area (Å²) in [5.41, 5.74) is 2.81. The third-order valence-corrected chi connectivity index (χ3v) is 5.91. The summed E-state index contributed by atoms with van der Waals surface area (Å²) in [6.45, 7) is 0. The maximum absolute atomic E-state index is 9.68. The molecule has 0 spiro atoms. The van der Waals surface area contributed by atoms with Crippen molar-refractivity contribution in [1.29, 1.82) is 0 Å². The summed E-state index contributed by atoms with van der Waals surface area (Å²) in [4.78, 5) is 6.72. The van der Waals surface area contributed by atoms with Crippen LogP contribution in [0, 0.1) is 0 Å². The fourth-order valence-corrected chi connectivity index (χ4v) is 4.47. The van der Waals surface area contributed by atoms with Gasteiger partial charge in [0.05, 0.1) is 0 Å². The van der Waals surface area contributed by atoms with Crippen molar-refractivity contribution < 1.29 is 24.2 Å². The fraction of sp³-hybridized carbons (Fsp3) is 0.200. The molecule has 0 bridgehead atoms. The number of benzene rings is 2. The fourth-order valence-electron chi connectivity index (χ4n) is 2.72. The van der Waals surface area contributed by atoms with Crippen molar-refractivity contribution in [2.24, 2.45) is 5.16 Å². The number of ether oxygens (including phenoxy) is 4. The Hall–Kier alpha value is -2.96. The second-order valence-electron chi connectivity index (χ2n) is 5.63. The van der Waals surface area contributed by atoms with E-state index in [2.05, 4.69) is 10.1 Å². The van der Waals surface area contributed by atoms with E-state index in [-0.39, 0.29) is 14.5 Å². The Morgan fingerprint density at radius 2 is 1.57 bits per heavy atom. The molecule has 0 aliphatic heterocycles. The second-order valence-corrected chi connectivity index (χ2v) is 7.43. The van der Waals surface area contributed by atoms with E-state index in [1.54, 1.807) is 19.2 Å². The van der Waals surface area contributed by atoms with Gasteiger partial charge in [0, 0.05) is 0 Å². The summed E-state index contributed by atoms with van der Waals surface area (Å²) >= 11 is -0.0861. The number of rotatable bonds is 7. The van der Waals surface area contributed by atoms with Gasteiger partial charge in [0.2, 0.25) is 0 Å². The summed E-state index contributed by atoms with van der Waals surface area (Å²) in [5, 5.41) is 13.2. The van der Waals surface area contributed by atoms with Crippen LogP contribution in [0.1, 0.15) is 10.1 Å². The molecule has 0 fully saturated rings. The second kappa shape index (κ2) is 8.82. The Bertz CT molecular complexity index is 958. The standard InChI is InChI=1S/C20H20N2O5Se/c1-24-14-7-5-12(6-8-14)15-11-28-20(21-15)18(22-23)13-9-16(25-2)19(27-4)17(10-13)26-3/h5-11,23H,1-4H3/b22-18-. The molecule has 0 amide bonds. The van der Waals surface area contributed by atoms with Crippen molar-refractivity contribution in [2.45, 2.75) is 0 Å². The van der Waals surface area contributed by atoms with Crippen molar-refractivity contribution in [1.82, 2.24) is 4.98 Å². The van der Waals surface area contributed by atoms with Crippen LogP contribution in [0.25, 0.3) is 11.3 Å². The normalized spacial score (nSPS) is 11.2. The third kappa shape index (κ3) is 3.83. The van der Waals surface area contributed by atoms with E-state index in [0.29, 0.717) is 33.1 Å². The third-order valence-electron chi connectivity index (χ3n) is 4.13. The van der Waals surface area contributed by atoms with E-state index in [4.69, 9.17) is 18.9 Å². The number of aromatic nitrogens is 1. The molecular weight excluding hydrogens is 427 g/mol. The average molecular weight is 447 g/mol. The van der Waals surface area contributed by atoms with Crippen LogP contribution in [0.15, 0.2) is 46.5 Å². The molecule has 0 saturated heterocycles. The van der Waals surface area contributed by atoms with Crippen molar-refractivity contribution >= 4 is 20.2 Å². The van der Waals surface area contributed by atoms with Crippen molar-refractivity contribution in [3.05, 3.63) is 51.5 Å². The summed E-state index contributed by atoms with van der Waals surface area (Å²) in [7, 11) is 6.25. The Morgan fingerprint density at radius 3 is 2.07 bits per heavy atom. The predicted octanol–water partition coefficient (Wildman–Crippen LogP) is 3.07. The molecule has 1 aromatic heterocycles. The first kappa shape index (κ1) is 19.8. The zero-order valence-corrected chi connectivity index (χ0v) is 17.6. The number of hydrogen-bond acceptors (Lipinski definition) is 7. The van der Waals surface area contributed by atoms with Gasteiger partial charge < -0.3 is 0 Å². The first-order chi connectivity index (χ1) is 13.6. The summed E-state index contributed by atoms with van der Waals surface area (Å²) in [6.07, 6.45) is 0. The first-order valence-electron chi connectivity index (χ1n) is 8.27. The van der Waals surface area contributed by atoms with E-state index >= 15 is 0 Å². The summed E-state index contributed by atoms with van der Waals surface area (Å²) in [6, 6.07) is 11.1. The molecule has 3 aromatic rings. The van der Waals surface area contributed by atoms with Crippen LogP contribution in [0.5, 0.6) is 23.0 Å². The van der Waals surface area contributed by atoms with Crippen LogP contribution >= 0.6 is 0 Å². The van der Waals surface area contributed by atoms with E-state index in [1.165, 1.54) is 21.3 Å². The van der Waals surface area contributed by atoms with Gasteiger partial charge in [-0.15, -0.1) is 0 Å². The van der Waals surface area contributed by atoms with Crippen LogP contribution in [0.3, 0.4) is 0 Å². The zero-order valence-electron chi connectivity index (χ0n) is 15.9. The molecule has 0 atom stereocenters. The van der Waals surface area contributed by atoms with Gasteiger partial charge in [-0.2, -0.15) is 0 Å². The molecule has 0 radical (unpaired) electrons. The summed E-state index contributed by atoms with van der Waals surface area (Å²) in [5.74, 6) is 2.22. The minimum absolute atomic E-state index is 0.0861. The number of nitrogens with zero attached hydrogens (tertiary/aromatic N) is 2. The van der Waals surface area contributed by atoms with Crippen LogP contribution in [0.2, 0.25) is 0 Å². The first-order valence-corrected chi connectivity index (χ1v) is 10.1. The Kier molecular flexibility index (Phi) is 6.23. The quantitative estimate of drug-likeness (QED) is 0.260. The summed E-state index contributed by atoms with van der Waals surface area (Å²) < 4.78 is 22.0. The number of hydrogen-bond donors (Lipinski definition) is 1. The van der Waals surface area contributed by atoms with Gasteiger partial charge in [-0.25, -0.2) is 0 Å². The van der Waals surface area contributed by atoms with Gasteiger partial charge in [0.15, 0.2) is 0 Å². The van der Waals surface area contributed by atoms with Crippen LogP contribution in [-0.4, -0.2) is 58.8 Å². The van der Waals surface area contributed by atoms with Gasteiger partial charge >= 0.3 is 169 Å². The molecule has 1 heterocycles. The van der Waals surface area contributed by atoms with Crippen LogP contribution in [-0.2, 0) is 0 Å². The SMILES string of the molecule is COc1ccc(-c2c[se]c(/C(=N\O)c3cc(OC)c(OC)c(OC)c3)n2)cc1. The molecule has 28 heavy (non-hydrogen) atoms. The Labute approximate surface area is 168 Å². The van der Waals surface area contributed by atoms with Crippen LogP contribution < -0.4 is 18.9 Å². The molecular formula is C20H20N2O5Se. The topological polar surface area (TPSA) is 82.4 Å². The van der Waals surface area contributed by atoms with E-state index < -0.39 is 0 Å². The van der Waals surface area contributed by atoms with E-state index in [0.717, 1.165) is 17.0 Å². The minimum atomic E-state index is -0.0861. The predicted molar refractivity (Wildman–Crippen MR) is 107 cm³/mol. The van der Waals surface area contributed by atoms with Crippen molar-refractivity contribution in [3.63, 3.8) is 0 Å².